The number of hydrogen-bond acceptors (Lipinski definition) is 3. The van der Waals surface area contributed by atoms with Crippen molar-refractivity contribution in [2.24, 2.45) is 23.5 Å². The summed E-state index contributed by atoms with van der Waals surface area (Å²) >= 11 is 0. The number of carbonyl (C=O) groups is 1. The van der Waals surface area contributed by atoms with Crippen molar-refractivity contribution in [2.45, 2.75) is 57.0 Å². The first-order chi connectivity index (χ1) is 9.22. The van der Waals surface area contributed by atoms with E-state index in [1.807, 2.05) is 4.90 Å². The first kappa shape index (κ1) is 13.4. The van der Waals surface area contributed by atoms with Crippen LogP contribution in [0.4, 0.5) is 0 Å². The minimum atomic E-state index is 0.0332. The Labute approximate surface area is 115 Å². The van der Waals surface area contributed by atoms with Gasteiger partial charge >= 0.3 is 0 Å². The first-order valence-corrected chi connectivity index (χ1v) is 7.89. The predicted molar refractivity (Wildman–Crippen MR) is 73.4 cm³/mol. The molecule has 3 saturated carbocycles. The quantitative estimate of drug-likeness (QED) is 0.801. The van der Waals surface area contributed by atoms with Crippen molar-refractivity contribution in [1.29, 1.82) is 0 Å². The standard InChI is InChI=1S/C15H26N2O2/c16-14-11-6-5-10(9-11)13(14)15(19)17(7-8-18)12-3-1-2-4-12/h10-14,18H,1-9,16H2. The lowest BCUT2D eigenvalue weighted by Gasteiger charge is -2.35. The van der Waals surface area contributed by atoms with Crippen LogP contribution in [0.1, 0.15) is 44.9 Å². The van der Waals surface area contributed by atoms with E-state index in [1.165, 1.54) is 25.7 Å². The number of nitrogens with zero attached hydrogens (tertiary/aromatic N) is 1. The van der Waals surface area contributed by atoms with Gasteiger partial charge in [0.05, 0.1) is 12.5 Å². The van der Waals surface area contributed by atoms with E-state index in [4.69, 9.17) is 5.73 Å². The molecule has 3 N–H and O–H groups in total. The van der Waals surface area contributed by atoms with Gasteiger partial charge in [0.25, 0.3) is 0 Å². The fourth-order valence-corrected chi connectivity index (χ4v) is 4.69. The van der Waals surface area contributed by atoms with Gasteiger partial charge in [-0.25, -0.2) is 0 Å². The Hall–Kier alpha value is -0.610. The topological polar surface area (TPSA) is 66.6 Å². The summed E-state index contributed by atoms with van der Waals surface area (Å²) < 4.78 is 0. The van der Waals surface area contributed by atoms with E-state index in [-0.39, 0.29) is 24.5 Å². The van der Waals surface area contributed by atoms with E-state index >= 15 is 0 Å². The molecule has 2 bridgehead atoms. The molecule has 1 amide bonds. The summed E-state index contributed by atoms with van der Waals surface area (Å²) in [7, 11) is 0. The summed E-state index contributed by atoms with van der Waals surface area (Å²) in [5.74, 6) is 1.35. The number of nitrogens with two attached hydrogens (primary N) is 1. The Balaban J connectivity index is 1.72. The van der Waals surface area contributed by atoms with E-state index in [9.17, 15) is 9.90 Å². The molecular formula is C15H26N2O2. The van der Waals surface area contributed by atoms with Crippen molar-refractivity contribution in [3.63, 3.8) is 0 Å². The Morgan fingerprint density at radius 2 is 1.84 bits per heavy atom. The van der Waals surface area contributed by atoms with Gasteiger partial charge in [0.15, 0.2) is 0 Å². The SMILES string of the molecule is NC1C2CCC(C2)C1C(=O)N(CCO)C1CCCC1. The summed E-state index contributed by atoms with van der Waals surface area (Å²) in [6.45, 7) is 0.558. The molecule has 3 aliphatic carbocycles. The van der Waals surface area contributed by atoms with E-state index < -0.39 is 0 Å². The van der Waals surface area contributed by atoms with Crippen LogP contribution in [-0.4, -0.2) is 41.1 Å². The second kappa shape index (κ2) is 5.41. The second-order valence-corrected chi connectivity index (χ2v) is 6.63. The molecule has 0 aromatic heterocycles. The molecule has 0 aromatic rings. The third kappa shape index (κ3) is 2.29. The van der Waals surface area contributed by atoms with Crippen molar-refractivity contribution in [1.82, 2.24) is 4.90 Å². The maximum Gasteiger partial charge on any atom is 0.227 e. The first-order valence-electron chi connectivity index (χ1n) is 7.89. The minimum Gasteiger partial charge on any atom is -0.395 e. The third-order valence-corrected chi connectivity index (χ3v) is 5.66. The molecule has 0 aliphatic heterocycles. The van der Waals surface area contributed by atoms with E-state index in [1.54, 1.807) is 0 Å². The number of amides is 1. The fraction of sp³-hybridized carbons (Fsp3) is 0.933. The average Bonchev–Trinajstić information content (AvgIpc) is 3.11. The maximum absolute atomic E-state index is 12.9. The van der Waals surface area contributed by atoms with Crippen LogP contribution in [0.3, 0.4) is 0 Å². The van der Waals surface area contributed by atoms with E-state index in [2.05, 4.69) is 0 Å². The number of aliphatic hydroxyl groups excluding tert-OH is 1. The maximum atomic E-state index is 12.9. The van der Waals surface area contributed by atoms with Crippen molar-refractivity contribution >= 4 is 5.91 Å². The normalized spacial score (nSPS) is 38.0. The Kier molecular flexibility index (Phi) is 3.81. The van der Waals surface area contributed by atoms with Crippen LogP contribution in [0.5, 0.6) is 0 Å². The van der Waals surface area contributed by atoms with Crippen molar-refractivity contribution in [3.8, 4) is 0 Å². The van der Waals surface area contributed by atoms with Crippen molar-refractivity contribution in [3.05, 3.63) is 0 Å². The Bertz CT molecular complexity index is 339. The van der Waals surface area contributed by atoms with Gasteiger partial charge in [-0.3, -0.25) is 4.79 Å². The summed E-state index contributed by atoms with van der Waals surface area (Å²) in [5.41, 5.74) is 6.29. The monoisotopic (exact) mass is 266 g/mol. The van der Waals surface area contributed by atoms with Crippen LogP contribution in [0, 0.1) is 17.8 Å². The highest BCUT2D eigenvalue weighted by atomic mass is 16.3. The van der Waals surface area contributed by atoms with Gasteiger partial charge in [0.2, 0.25) is 5.91 Å². The lowest BCUT2D eigenvalue weighted by atomic mass is 9.83. The molecule has 0 aromatic carbocycles. The zero-order chi connectivity index (χ0) is 13.4. The number of carbonyl (C=O) groups excluding carboxylic acids is 1. The van der Waals surface area contributed by atoms with Gasteiger partial charge in [-0.1, -0.05) is 12.8 Å². The van der Waals surface area contributed by atoms with Crippen molar-refractivity contribution in [2.75, 3.05) is 13.2 Å². The molecular weight excluding hydrogens is 240 g/mol. The van der Waals surface area contributed by atoms with Crippen LogP contribution < -0.4 is 5.73 Å². The molecule has 0 saturated heterocycles. The number of hydrogen-bond donors (Lipinski definition) is 2. The van der Waals surface area contributed by atoms with E-state index in [0.717, 1.165) is 19.3 Å². The van der Waals surface area contributed by atoms with Gasteiger partial charge in [-0.15, -0.1) is 0 Å². The number of fused-ring (bicyclic) bond motifs is 2. The van der Waals surface area contributed by atoms with Crippen LogP contribution in [-0.2, 0) is 4.79 Å². The molecule has 3 fully saturated rings. The fourth-order valence-electron chi connectivity index (χ4n) is 4.69. The van der Waals surface area contributed by atoms with Gasteiger partial charge in [-0.2, -0.15) is 0 Å². The zero-order valence-electron chi connectivity index (χ0n) is 11.6. The molecule has 4 unspecified atom stereocenters. The highest BCUT2D eigenvalue weighted by molar-refractivity contribution is 5.81. The van der Waals surface area contributed by atoms with Crippen LogP contribution >= 0.6 is 0 Å². The minimum absolute atomic E-state index is 0.0332. The largest absolute Gasteiger partial charge is 0.395 e. The van der Waals surface area contributed by atoms with Gasteiger partial charge < -0.3 is 15.7 Å². The van der Waals surface area contributed by atoms with Crippen LogP contribution in [0.15, 0.2) is 0 Å². The van der Waals surface area contributed by atoms with Gasteiger partial charge in [-0.05, 0) is 43.9 Å². The Morgan fingerprint density at radius 3 is 2.42 bits per heavy atom. The summed E-state index contributed by atoms with van der Waals surface area (Å²) in [4.78, 5) is 14.8. The predicted octanol–water partition coefficient (Wildman–Crippen LogP) is 1.12. The molecule has 4 nitrogen and oxygen atoms in total. The summed E-state index contributed by atoms with van der Waals surface area (Å²) in [6, 6.07) is 0.417. The lowest BCUT2D eigenvalue weighted by molar-refractivity contribution is -0.140. The van der Waals surface area contributed by atoms with Crippen LogP contribution in [0.2, 0.25) is 0 Å². The average molecular weight is 266 g/mol. The third-order valence-electron chi connectivity index (χ3n) is 5.66. The Morgan fingerprint density at radius 1 is 1.16 bits per heavy atom. The van der Waals surface area contributed by atoms with Crippen molar-refractivity contribution < 1.29 is 9.90 Å². The zero-order valence-corrected chi connectivity index (χ0v) is 11.6. The number of aliphatic hydroxyl groups is 1. The van der Waals surface area contributed by atoms with E-state index in [0.29, 0.717) is 24.4 Å². The van der Waals surface area contributed by atoms with Gasteiger partial charge in [0.1, 0.15) is 0 Å². The molecule has 3 rings (SSSR count). The smallest absolute Gasteiger partial charge is 0.227 e. The summed E-state index contributed by atoms with van der Waals surface area (Å²) in [5, 5.41) is 9.26. The lowest BCUT2D eigenvalue weighted by Crippen LogP contribution is -2.50. The molecule has 4 heteroatoms. The molecule has 108 valence electrons. The number of rotatable bonds is 4. The second-order valence-electron chi connectivity index (χ2n) is 6.63. The highest BCUT2D eigenvalue weighted by Gasteiger charge is 2.50. The molecule has 19 heavy (non-hydrogen) atoms. The molecule has 0 heterocycles. The van der Waals surface area contributed by atoms with Gasteiger partial charge in [0, 0.05) is 18.6 Å². The molecule has 0 spiro atoms. The highest BCUT2D eigenvalue weighted by Crippen LogP contribution is 2.48. The molecule has 3 aliphatic rings. The molecule has 0 radical (unpaired) electrons. The summed E-state index contributed by atoms with van der Waals surface area (Å²) in [6.07, 6.45) is 8.15. The molecule has 4 atom stereocenters. The van der Waals surface area contributed by atoms with Crippen LogP contribution in [0.25, 0.3) is 0 Å².